The number of carbonyl (C=O) groups excluding carboxylic acids is 1. The molecule has 0 aliphatic rings. The smallest absolute Gasteiger partial charge is 0.309 e. The minimum Gasteiger partial charge on any atom is -0.406 e. The first-order valence-corrected chi connectivity index (χ1v) is 2.94. The lowest BCUT2D eigenvalue weighted by Gasteiger charge is -1.98. The van der Waals surface area contributed by atoms with Gasteiger partial charge >= 0.3 is 5.97 Å². The van der Waals surface area contributed by atoms with Gasteiger partial charge < -0.3 is 10.5 Å². The van der Waals surface area contributed by atoms with E-state index >= 15 is 0 Å². The molecule has 0 unspecified atom stereocenters. The predicted octanol–water partition coefficient (Wildman–Crippen LogP) is -0.0159. The molecule has 0 saturated heterocycles. The maximum Gasteiger partial charge on any atom is 0.309 e. The molecule has 58 valence electrons. The molecule has 1 heterocycles. The van der Waals surface area contributed by atoms with E-state index in [1.54, 1.807) is 0 Å². The van der Waals surface area contributed by atoms with E-state index in [-0.39, 0.29) is 11.7 Å². The van der Waals surface area contributed by atoms with Gasteiger partial charge in [0.25, 0.3) is 0 Å². The van der Waals surface area contributed by atoms with E-state index in [2.05, 4.69) is 14.7 Å². The standard InChI is InChI=1S/C6H7N3O2/c1-4(10)11-6-3-8-2-5(7)9-6/h2-3H,1H3,(H2,7,9). The lowest BCUT2D eigenvalue weighted by Crippen LogP contribution is -2.04. The molecule has 1 aromatic rings. The molecule has 1 aromatic heterocycles. The van der Waals surface area contributed by atoms with E-state index < -0.39 is 5.97 Å². The second kappa shape index (κ2) is 2.96. The van der Waals surface area contributed by atoms with E-state index in [4.69, 9.17) is 5.73 Å². The van der Waals surface area contributed by atoms with Gasteiger partial charge in [0.1, 0.15) is 5.82 Å². The zero-order valence-electron chi connectivity index (χ0n) is 5.94. The fourth-order valence-corrected chi connectivity index (χ4v) is 0.559. The fraction of sp³-hybridized carbons (Fsp3) is 0.167. The Hall–Kier alpha value is -1.65. The molecule has 0 saturated carbocycles. The first kappa shape index (κ1) is 7.46. The van der Waals surface area contributed by atoms with Crippen LogP contribution in [-0.4, -0.2) is 15.9 Å². The lowest BCUT2D eigenvalue weighted by atomic mass is 10.6. The lowest BCUT2D eigenvalue weighted by molar-refractivity contribution is -0.132. The molecule has 0 fully saturated rings. The number of ether oxygens (including phenoxy) is 1. The zero-order valence-corrected chi connectivity index (χ0v) is 5.94. The first-order valence-electron chi connectivity index (χ1n) is 2.94. The van der Waals surface area contributed by atoms with Crippen molar-refractivity contribution in [3.8, 4) is 5.88 Å². The van der Waals surface area contributed by atoms with Crippen molar-refractivity contribution in [3.63, 3.8) is 0 Å². The van der Waals surface area contributed by atoms with Crippen molar-refractivity contribution in [2.75, 3.05) is 5.73 Å². The third kappa shape index (κ3) is 2.21. The van der Waals surface area contributed by atoms with Crippen LogP contribution in [0.4, 0.5) is 5.82 Å². The second-order valence-corrected chi connectivity index (χ2v) is 1.88. The van der Waals surface area contributed by atoms with Crippen molar-refractivity contribution in [3.05, 3.63) is 12.4 Å². The minimum absolute atomic E-state index is 0.123. The van der Waals surface area contributed by atoms with Crippen molar-refractivity contribution in [1.82, 2.24) is 9.97 Å². The minimum atomic E-state index is -0.440. The molecule has 11 heavy (non-hydrogen) atoms. The van der Waals surface area contributed by atoms with Crippen molar-refractivity contribution < 1.29 is 9.53 Å². The molecule has 0 bridgehead atoms. The Morgan fingerprint density at radius 2 is 2.36 bits per heavy atom. The van der Waals surface area contributed by atoms with Crippen LogP contribution in [0.3, 0.4) is 0 Å². The van der Waals surface area contributed by atoms with E-state index in [9.17, 15) is 4.79 Å². The van der Waals surface area contributed by atoms with Gasteiger partial charge in [0.15, 0.2) is 0 Å². The van der Waals surface area contributed by atoms with Crippen LogP contribution in [0.5, 0.6) is 5.88 Å². The van der Waals surface area contributed by atoms with Crippen LogP contribution in [0.1, 0.15) is 6.92 Å². The van der Waals surface area contributed by atoms with Crippen LogP contribution in [0.2, 0.25) is 0 Å². The number of esters is 1. The second-order valence-electron chi connectivity index (χ2n) is 1.88. The molecule has 0 aliphatic carbocycles. The average molecular weight is 153 g/mol. The highest BCUT2D eigenvalue weighted by atomic mass is 16.5. The monoisotopic (exact) mass is 153 g/mol. The van der Waals surface area contributed by atoms with Crippen LogP contribution in [0.25, 0.3) is 0 Å². The molecule has 1 rings (SSSR count). The number of anilines is 1. The zero-order chi connectivity index (χ0) is 8.27. The van der Waals surface area contributed by atoms with Crippen LogP contribution in [0, 0.1) is 0 Å². The van der Waals surface area contributed by atoms with Crippen LogP contribution in [0.15, 0.2) is 12.4 Å². The number of aromatic nitrogens is 2. The molecular formula is C6H7N3O2. The topological polar surface area (TPSA) is 78.1 Å². The molecular weight excluding hydrogens is 146 g/mol. The highest BCUT2D eigenvalue weighted by Crippen LogP contribution is 2.05. The molecule has 2 N–H and O–H groups in total. The summed E-state index contributed by atoms with van der Waals surface area (Å²) < 4.78 is 4.60. The molecule has 0 spiro atoms. The summed E-state index contributed by atoms with van der Waals surface area (Å²) in [6.45, 7) is 1.28. The molecule has 0 amide bonds. The van der Waals surface area contributed by atoms with Crippen LogP contribution in [-0.2, 0) is 4.79 Å². The Bertz CT molecular complexity index is 274. The summed E-state index contributed by atoms with van der Waals surface area (Å²) in [6.07, 6.45) is 2.69. The fourth-order valence-electron chi connectivity index (χ4n) is 0.559. The molecule has 5 nitrogen and oxygen atoms in total. The number of nitrogens with two attached hydrogens (primary N) is 1. The van der Waals surface area contributed by atoms with E-state index in [0.29, 0.717) is 0 Å². The van der Waals surface area contributed by atoms with E-state index in [1.807, 2.05) is 0 Å². The number of hydrogen-bond donors (Lipinski definition) is 1. The number of hydrogen-bond acceptors (Lipinski definition) is 5. The highest BCUT2D eigenvalue weighted by Gasteiger charge is 1.98. The van der Waals surface area contributed by atoms with Gasteiger partial charge in [-0.2, -0.15) is 4.98 Å². The van der Waals surface area contributed by atoms with Gasteiger partial charge in [-0.05, 0) is 0 Å². The van der Waals surface area contributed by atoms with Crippen LogP contribution >= 0.6 is 0 Å². The predicted molar refractivity (Wildman–Crippen MR) is 37.8 cm³/mol. The number of rotatable bonds is 1. The quantitative estimate of drug-likeness (QED) is 0.574. The SMILES string of the molecule is CC(=O)Oc1cncc(N)n1. The number of carbonyl (C=O) groups is 1. The Morgan fingerprint density at radius 3 is 2.91 bits per heavy atom. The van der Waals surface area contributed by atoms with Gasteiger partial charge in [0, 0.05) is 6.92 Å². The Kier molecular flexibility index (Phi) is 2.00. The van der Waals surface area contributed by atoms with Crippen molar-refractivity contribution in [2.45, 2.75) is 6.92 Å². The van der Waals surface area contributed by atoms with Gasteiger partial charge in [-0.15, -0.1) is 0 Å². The van der Waals surface area contributed by atoms with Gasteiger partial charge in [-0.3, -0.25) is 9.78 Å². The maximum absolute atomic E-state index is 10.4. The highest BCUT2D eigenvalue weighted by molar-refractivity contribution is 5.68. The Morgan fingerprint density at radius 1 is 1.64 bits per heavy atom. The maximum atomic E-state index is 10.4. The summed E-state index contributed by atoms with van der Waals surface area (Å²) in [6, 6.07) is 0. The summed E-state index contributed by atoms with van der Waals surface area (Å²) in [4.78, 5) is 17.8. The van der Waals surface area contributed by atoms with E-state index in [1.165, 1.54) is 19.3 Å². The molecule has 5 heteroatoms. The largest absolute Gasteiger partial charge is 0.406 e. The van der Waals surface area contributed by atoms with Crippen molar-refractivity contribution in [1.29, 1.82) is 0 Å². The summed E-state index contributed by atoms with van der Waals surface area (Å²) >= 11 is 0. The normalized spacial score (nSPS) is 9.18. The van der Waals surface area contributed by atoms with Crippen LogP contribution < -0.4 is 10.5 Å². The van der Waals surface area contributed by atoms with Crippen molar-refractivity contribution >= 4 is 11.8 Å². The summed E-state index contributed by atoms with van der Waals surface area (Å²) in [5.74, 6) is -0.0915. The average Bonchev–Trinajstić information content (AvgIpc) is 1.85. The van der Waals surface area contributed by atoms with Gasteiger partial charge in [-0.25, -0.2) is 0 Å². The summed E-state index contributed by atoms with van der Waals surface area (Å²) in [7, 11) is 0. The van der Waals surface area contributed by atoms with Gasteiger partial charge in [0.2, 0.25) is 5.88 Å². The number of nitrogen functional groups attached to an aromatic ring is 1. The van der Waals surface area contributed by atoms with Gasteiger partial charge in [-0.1, -0.05) is 0 Å². The van der Waals surface area contributed by atoms with Crippen molar-refractivity contribution in [2.24, 2.45) is 0 Å². The summed E-state index contributed by atoms with van der Waals surface area (Å²) in [5, 5.41) is 0. The van der Waals surface area contributed by atoms with E-state index in [0.717, 1.165) is 0 Å². The summed E-state index contributed by atoms with van der Waals surface area (Å²) in [5.41, 5.74) is 5.27. The Balaban J connectivity index is 2.79. The molecule has 0 aromatic carbocycles. The third-order valence-electron chi connectivity index (χ3n) is 0.879. The molecule has 0 radical (unpaired) electrons. The number of nitrogens with zero attached hydrogens (tertiary/aromatic N) is 2. The van der Waals surface area contributed by atoms with Gasteiger partial charge in [0.05, 0.1) is 12.4 Å². The third-order valence-corrected chi connectivity index (χ3v) is 0.879. The molecule has 0 aliphatic heterocycles. The first-order chi connectivity index (χ1) is 5.18. The Labute approximate surface area is 63.2 Å². The molecule has 0 atom stereocenters.